The van der Waals surface area contributed by atoms with Crippen molar-refractivity contribution in [2.45, 2.75) is 9.97 Å². The number of non-ortho nitro benzene ring substituents is 1. The summed E-state index contributed by atoms with van der Waals surface area (Å²) in [6.45, 7) is -1.88. The third-order valence-corrected chi connectivity index (χ3v) is 4.07. The van der Waals surface area contributed by atoms with E-state index in [1.807, 2.05) is 0 Å². The van der Waals surface area contributed by atoms with Gasteiger partial charge in [-0.1, -0.05) is 65.1 Å². The lowest BCUT2D eigenvalue weighted by Crippen LogP contribution is -2.45. The molecule has 0 atom stereocenters. The smallest absolute Gasteiger partial charge is 0.299 e. The second kappa shape index (κ2) is 8.56. The van der Waals surface area contributed by atoms with Crippen LogP contribution in [0.25, 0.3) is 0 Å². The van der Waals surface area contributed by atoms with Crippen LogP contribution in [0, 0.1) is 10.1 Å². The van der Waals surface area contributed by atoms with Gasteiger partial charge >= 0.3 is 6.18 Å². The van der Waals surface area contributed by atoms with Crippen molar-refractivity contribution >= 4 is 57.9 Å². The summed E-state index contributed by atoms with van der Waals surface area (Å²) in [4.78, 5) is 35.5. The van der Waals surface area contributed by atoms with Gasteiger partial charge in [-0.05, 0) is 6.07 Å². The summed E-state index contributed by atoms with van der Waals surface area (Å²) in [6.07, 6.45) is -4.92. The van der Waals surface area contributed by atoms with Crippen LogP contribution in [-0.2, 0) is 4.79 Å². The number of carbonyl (C=O) groups excluding carboxylic acids is 2. The molecule has 29 heavy (non-hydrogen) atoms. The summed E-state index contributed by atoms with van der Waals surface area (Å²) in [7, 11) is 0. The summed E-state index contributed by atoms with van der Waals surface area (Å²) >= 11 is 16.4. The van der Waals surface area contributed by atoms with Gasteiger partial charge in [0.05, 0.1) is 16.2 Å². The fourth-order valence-corrected chi connectivity index (χ4v) is 2.70. The van der Waals surface area contributed by atoms with E-state index in [4.69, 9.17) is 34.8 Å². The van der Waals surface area contributed by atoms with E-state index in [0.717, 1.165) is 18.2 Å². The van der Waals surface area contributed by atoms with Crippen LogP contribution in [0.1, 0.15) is 15.9 Å². The van der Waals surface area contributed by atoms with Gasteiger partial charge in [0.2, 0.25) is 0 Å². The van der Waals surface area contributed by atoms with Crippen molar-refractivity contribution in [3.63, 3.8) is 0 Å². The topological polar surface area (TPSA) is 80.5 Å². The maximum absolute atomic E-state index is 13.1. The van der Waals surface area contributed by atoms with Gasteiger partial charge in [0.15, 0.2) is 5.78 Å². The Morgan fingerprint density at radius 3 is 2.10 bits per heavy atom. The van der Waals surface area contributed by atoms with E-state index in [0.29, 0.717) is 0 Å². The molecule has 0 aromatic heterocycles. The van der Waals surface area contributed by atoms with Crippen molar-refractivity contribution < 1.29 is 27.7 Å². The van der Waals surface area contributed by atoms with Crippen molar-refractivity contribution in [1.29, 1.82) is 0 Å². The maximum atomic E-state index is 13.1. The van der Waals surface area contributed by atoms with Crippen LogP contribution in [0.15, 0.2) is 48.5 Å². The number of nitrogens with zero attached hydrogens (tertiary/aromatic N) is 2. The molecule has 0 N–H and O–H groups in total. The number of alkyl halides is 6. The van der Waals surface area contributed by atoms with Crippen molar-refractivity contribution in [1.82, 2.24) is 0 Å². The number of amides is 1. The number of hydrogen-bond acceptors (Lipinski definition) is 4. The van der Waals surface area contributed by atoms with Crippen molar-refractivity contribution in [2.75, 3.05) is 11.4 Å². The highest BCUT2D eigenvalue weighted by Crippen LogP contribution is 2.36. The van der Waals surface area contributed by atoms with Crippen LogP contribution in [0.4, 0.5) is 24.5 Å². The molecule has 154 valence electrons. The second-order valence-corrected chi connectivity index (χ2v) is 7.94. The molecule has 0 heterocycles. The molecule has 2 rings (SSSR count). The van der Waals surface area contributed by atoms with E-state index in [2.05, 4.69) is 0 Å². The van der Waals surface area contributed by atoms with E-state index >= 15 is 0 Å². The van der Waals surface area contributed by atoms with E-state index in [9.17, 15) is 32.9 Å². The van der Waals surface area contributed by atoms with Crippen LogP contribution in [0.5, 0.6) is 0 Å². The molecule has 12 heteroatoms. The number of benzene rings is 2. The van der Waals surface area contributed by atoms with E-state index in [1.54, 1.807) is 6.07 Å². The van der Waals surface area contributed by atoms with Crippen molar-refractivity contribution in [2.24, 2.45) is 0 Å². The Bertz CT molecular complexity index is 947. The number of halogens is 6. The van der Waals surface area contributed by atoms with Gasteiger partial charge in [-0.15, -0.1) is 0 Å². The quantitative estimate of drug-likeness (QED) is 0.264. The first kappa shape index (κ1) is 22.9. The fourth-order valence-electron chi connectivity index (χ4n) is 2.40. The molecule has 0 aliphatic heterocycles. The van der Waals surface area contributed by atoms with Gasteiger partial charge in [0.1, 0.15) is 6.54 Å². The third kappa shape index (κ3) is 5.81. The number of rotatable bonds is 5. The first-order valence-electron chi connectivity index (χ1n) is 7.65. The number of nitro benzene ring substituents is 1. The van der Waals surface area contributed by atoms with Crippen LogP contribution >= 0.6 is 34.8 Å². The number of hydrogen-bond donors (Lipinski definition) is 0. The molecule has 0 unspecified atom stereocenters. The molecule has 0 fully saturated rings. The molecule has 0 spiro atoms. The first-order chi connectivity index (χ1) is 13.3. The maximum Gasteiger partial charge on any atom is 0.406 e. The predicted octanol–water partition coefficient (Wildman–Crippen LogP) is 5.09. The van der Waals surface area contributed by atoms with Gasteiger partial charge in [-0.3, -0.25) is 24.6 Å². The van der Waals surface area contributed by atoms with Gasteiger partial charge < -0.3 is 0 Å². The van der Waals surface area contributed by atoms with Gasteiger partial charge in [-0.2, -0.15) is 13.2 Å². The number of ketones is 1. The van der Waals surface area contributed by atoms with Crippen LogP contribution in [-0.4, -0.2) is 33.1 Å². The average Bonchev–Trinajstić information content (AvgIpc) is 2.63. The number of carbonyl (C=O) groups is 2. The van der Waals surface area contributed by atoms with Gasteiger partial charge in [0, 0.05) is 17.7 Å². The number of anilines is 1. The van der Waals surface area contributed by atoms with Crippen LogP contribution in [0.3, 0.4) is 0 Å². The van der Waals surface area contributed by atoms with E-state index < -0.39 is 50.1 Å². The fraction of sp³-hybridized carbons (Fsp3) is 0.176. The normalized spacial score (nSPS) is 11.8. The SMILES string of the molecule is O=C(c1ccccc1)c1cc([N+](=O)[O-])ccc1N(CC(F)(F)F)C(=O)C(Cl)(Cl)Cl. The minimum Gasteiger partial charge on any atom is -0.299 e. The molecule has 0 bridgehead atoms. The Morgan fingerprint density at radius 1 is 1.03 bits per heavy atom. The second-order valence-electron chi connectivity index (χ2n) is 5.66. The van der Waals surface area contributed by atoms with E-state index in [1.165, 1.54) is 24.3 Å². The molecule has 0 saturated carbocycles. The largest absolute Gasteiger partial charge is 0.406 e. The Kier molecular flexibility index (Phi) is 6.77. The summed E-state index contributed by atoms with van der Waals surface area (Å²) in [6, 6.07) is 9.72. The van der Waals surface area contributed by atoms with Crippen LogP contribution < -0.4 is 4.90 Å². The highest BCUT2D eigenvalue weighted by atomic mass is 35.6. The highest BCUT2D eigenvalue weighted by molar-refractivity contribution is 6.77. The highest BCUT2D eigenvalue weighted by Gasteiger charge is 2.43. The minimum atomic E-state index is -4.92. The molecular weight excluding hydrogens is 460 g/mol. The average molecular weight is 470 g/mol. The molecule has 6 nitrogen and oxygen atoms in total. The third-order valence-electron chi connectivity index (χ3n) is 3.59. The lowest BCUT2D eigenvalue weighted by atomic mass is 10.00. The lowest BCUT2D eigenvalue weighted by Gasteiger charge is -2.28. The Hall–Kier alpha value is -2.36. The Morgan fingerprint density at radius 2 is 1.62 bits per heavy atom. The zero-order valence-corrected chi connectivity index (χ0v) is 16.4. The first-order valence-corrected chi connectivity index (χ1v) is 8.78. The van der Waals surface area contributed by atoms with Crippen LogP contribution in [0.2, 0.25) is 0 Å². The van der Waals surface area contributed by atoms with E-state index in [-0.39, 0.29) is 10.5 Å². The summed E-state index contributed by atoms with van der Waals surface area (Å²) in [5, 5.41) is 11.1. The molecule has 2 aromatic rings. The predicted molar refractivity (Wildman–Crippen MR) is 102 cm³/mol. The Labute approximate surface area is 176 Å². The molecule has 0 radical (unpaired) electrons. The molecular formula is C17H10Cl3F3N2O4. The number of nitro groups is 1. The minimum absolute atomic E-state index is 0.0301. The van der Waals surface area contributed by atoms with Gasteiger partial charge in [0.25, 0.3) is 15.4 Å². The summed E-state index contributed by atoms with van der Waals surface area (Å²) in [5.41, 5.74) is -1.65. The van der Waals surface area contributed by atoms with Crippen molar-refractivity contribution in [3.8, 4) is 0 Å². The lowest BCUT2D eigenvalue weighted by molar-refractivity contribution is -0.384. The summed E-state index contributed by atoms with van der Waals surface area (Å²) in [5.74, 6) is -2.43. The zero-order chi connectivity index (χ0) is 22.0. The Balaban J connectivity index is 2.71. The standard InChI is InChI=1S/C17H10Cl3F3N2O4/c18-17(19,20)15(27)24(9-16(21,22)23)13-7-6-11(25(28)29)8-12(13)14(26)10-4-2-1-3-5-10/h1-8H,9H2. The summed E-state index contributed by atoms with van der Waals surface area (Å²) < 4.78 is 36.5. The van der Waals surface area contributed by atoms with Crippen molar-refractivity contribution in [3.05, 3.63) is 69.8 Å². The van der Waals surface area contributed by atoms with Gasteiger partial charge in [-0.25, -0.2) is 0 Å². The molecule has 0 aliphatic carbocycles. The zero-order valence-electron chi connectivity index (χ0n) is 14.1. The molecule has 1 amide bonds. The molecule has 2 aromatic carbocycles. The molecule has 0 saturated heterocycles. The monoisotopic (exact) mass is 468 g/mol. The molecule has 0 aliphatic rings.